The SMILES string of the molecule is COC.O=C(O)c1ccc(O)cc1. The molecule has 0 amide bonds. The zero-order valence-corrected chi connectivity index (χ0v) is 7.52. The minimum atomic E-state index is -0.986. The summed E-state index contributed by atoms with van der Waals surface area (Å²) in [5.74, 6) is -0.912. The molecule has 0 heterocycles. The van der Waals surface area contributed by atoms with Crippen LogP contribution in [0.4, 0.5) is 0 Å². The van der Waals surface area contributed by atoms with Crippen molar-refractivity contribution in [2.24, 2.45) is 0 Å². The third kappa shape index (κ3) is 4.81. The molecule has 4 nitrogen and oxygen atoms in total. The maximum Gasteiger partial charge on any atom is 0.335 e. The molecule has 0 atom stereocenters. The largest absolute Gasteiger partial charge is 0.508 e. The number of hydrogen-bond acceptors (Lipinski definition) is 3. The molecule has 0 aliphatic carbocycles. The Kier molecular flexibility index (Phi) is 5.30. The standard InChI is InChI=1S/C7H6O3.C2H6O/c8-6-3-1-5(2-4-6)7(9)10;1-3-2/h1-4,8H,(H,9,10);1-2H3. The number of phenols is 1. The van der Waals surface area contributed by atoms with E-state index in [1.54, 1.807) is 14.2 Å². The number of hydrogen-bond donors (Lipinski definition) is 2. The molecule has 0 bridgehead atoms. The van der Waals surface area contributed by atoms with E-state index in [1.165, 1.54) is 24.3 Å². The Hall–Kier alpha value is -1.55. The van der Waals surface area contributed by atoms with Crippen LogP contribution >= 0.6 is 0 Å². The van der Waals surface area contributed by atoms with Gasteiger partial charge in [-0.3, -0.25) is 0 Å². The number of rotatable bonds is 1. The van der Waals surface area contributed by atoms with Crippen molar-refractivity contribution in [3.05, 3.63) is 29.8 Å². The second-order valence-electron chi connectivity index (χ2n) is 2.26. The molecule has 2 N–H and O–H groups in total. The Labute approximate surface area is 76.4 Å². The fourth-order valence-corrected chi connectivity index (χ4v) is 0.604. The molecule has 0 spiro atoms. The van der Waals surface area contributed by atoms with Crippen LogP contribution in [0.25, 0.3) is 0 Å². The number of carboxylic acid groups (broad SMARTS) is 1. The Morgan fingerprint density at radius 3 is 1.92 bits per heavy atom. The maximum atomic E-state index is 10.2. The molecule has 72 valence electrons. The van der Waals surface area contributed by atoms with E-state index in [-0.39, 0.29) is 11.3 Å². The Balaban J connectivity index is 0.000000424. The highest BCUT2D eigenvalue weighted by molar-refractivity contribution is 5.87. The lowest BCUT2D eigenvalue weighted by atomic mass is 10.2. The van der Waals surface area contributed by atoms with E-state index in [4.69, 9.17) is 10.2 Å². The lowest BCUT2D eigenvalue weighted by Gasteiger charge is -1.92. The van der Waals surface area contributed by atoms with Crippen LogP contribution in [0, 0.1) is 0 Å². The van der Waals surface area contributed by atoms with Crippen LogP contribution in [0.1, 0.15) is 10.4 Å². The van der Waals surface area contributed by atoms with E-state index >= 15 is 0 Å². The van der Waals surface area contributed by atoms with E-state index in [0.29, 0.717) is 0 Å². The fraction of sp³-hybridized carbons (Fsp3) is 0.222. The summed E-state index contributed by atoms with van der Waals surface area (Å²) in [6.07, 6.45) is 0. The highest BCUT2D eigenvalue weighted by Gasteiger charge is 1.99. The first-order valence-electron chi connectivity index (χ1n) is 3.54. The van der Waals surface area contributed by atoms with Crippen LogP contribution in [-0.2, 0) is 4.74 Å². The van der Waals surface area contributed by atoms with Gasteiger partial charge in [-0.25, -0.2) is 4.79 Å². The maximum absolute atomic E-state index is 10.2. The third-order valence-electron chi connectivity index (χ3n) is 1.11. The molecular weight excluding hydrogens is 172 g/mol. The highest BCUT2D eigenvalue weighted by atomic mass is 16.4. The van der Waals surface area contributed by atoms with Crippen molar-refractivity contribution in [3.8, 4) is 5.75 Å². The van der Waals surface area contributed by atoms with Crippen LogP contribution in [0.2, 0.25) is 0 Å². The average Bonchev–Trinajstić information content (AvgIpc) is 2.06. The molecule has 0 saturated heterocycles. The van der Waals surface area contributed by atoms with Crippen molar-refractivity contribution in [1.82, 2.24) is 0 Å². The van der Waals surface area contributed by atoms with Crippen LogP contribution in [0.3, 0.4) is 0 Å². The molecule has 0 unspecified atom stereocenters. The van der Waals surface area contributed by atoms with Crippen molar-refractivity contribution in [3.63, 3.8) is 0 Å². The van der Waals surface area contributed by atoms with Gasteiger partial charge in [-0.2, -0.15) is 0 Å². The van der Waals surface area contributed by atoms with Gasteiger partial charge in [0.15, 0.2) is 0 Å². The Bertz CT molecular complexity index is 253. The topological polar surface area (TPSA) is 66.8 Å². The summed E-state index contributed by atoms with van der Waals surface area (Å²) in [6.45, 7) is 0. The van der Waals surface area contributed by atoms with E-state index in [1.807, 2.05) is 0 Å². The summed E-state index contributed by atoms with van der Waals surface area (Å²) in [4.78, 5) is 10.2. The molecule has 0 aliphatic rings. The quantitative estimate of drug-likeness (QED) is 0.691. The summed E-state index contributed by atoms with van der Waals surface area (Å²) >= 11 is 0. The summed E-state index contributed by atoms with van der Waals surface area (Å²) in [5, 5.41) is 17.1. The average molecular weight is 184 g/mol. The van der Waals surface area contributed by atoms with Crippen molar-refractivity contribution >= 4 is 5.97 Å². The zero-order chi connectivity index (χ0) is 10.3. The van der Waals surface area contributed by atoms with E-state index in [9.17, 15) is 4.79 Å². The Morgan fingerprint density at radius 2 is 1.62 bits per heavy atom. The summed E-state index contributed by atoms with van der Waals surface area (Å²) < 4.78 is 4.25. The fourth-order valence-electron chi connectivity index (χ4n) is 0.604. The van der Waals surface area contributed by atoms with Gasteiger partial charge in [0, 0.05) is 14.2 Å². The first kappa shape index (κ1) is 11.4. The van der Waals surface area contributed by atoms with Gasteiger partial charge >= 0.3 is 5.97 Å². The van der Waals surface area contributed by atoms with Gasteiger partial charge < -0.3 is 14.9 Å². The van der Waals surface area contributed by atoms with E-state index in [0.717, 1.165) is 0 Å². The van der Waals surface area contributed by atoms with Gasteiger partial charge in [-0.05, 0) is 24.3 Å². The van der Waals surface area contributed by atoms with E-state index in [2.05, 4.69) is 4.74 Å². The highest BCUT2D eigenvalue weighted by Crippen LogP contribution is 2.08. The van der Waals surface area contributed by atoms with Crippen LogP contribution in [0.15, 0.2) is 24.3 Å². The van der Waals surface area contributed by atoms with E-state index < -0.39 is 5.97 Å². The molecule has 0 radical (unpaired) electrons. The predicted molar refractivity (Wildman–Crippen MR) is 48.0 cm³/mol. The van der Waals surface area contributed by atoms with Crippen LogP contribution in [-0.4, -0.2) is 30.4 Å². The number of ether oxygens (including phenoxy) is 1. The monoisotopic (exact) mass is 184 g/mol. The Morgan fingerprint density at radius 1 is 1.23 bits per heavy atom. The number of carboxylic acids is 1. The van der Waals surface area contributed by atoms with Gasteiger partial charge in [0.1, 0.15) is 5.75 Å². The minimum absolute atomic E-state index is 0.0741. The van der Waals surface area contributed by atoms with Crippen molar-refractivity contribution in [2.75, 3.05) is 14.2 Å². The third-order valence-corrected chi connectivity index (χ3v) is 1.11. The molecule has 0 aliphatic heterocycles. The summed E-state index contributed by atoms with van der Waals surface area (Å²) in [5.41, 5.74) is 0.179. The molecule has 0 aromatic heterocycles. The molecule has 0 saturated carbocycles. The van der Waals surface area contributed by atoms with Gasteiger partial charge in [0.05, 0.1) is 5.56 Å². The lowest BCUT2D eigenvalue weighted by molar-refractivity contribution is 0.0697. The molecule has 4 heteroatoms. The second-order valence-corrected chi connectivity index (χ2v) is 2.26. The van der Waals surface area contributed by atoms with Gasteiger partial charge in [0.2, 0.25) is 0 Å². The van der Waals surface area contributed by atoms with Gasteiger partial charge in [0.25, 0.3) is 0 Å². The molecule has 1 aromatic rings. The molecular formula is C9H12O4. The van der Waals surface area contributed by atoms with Crippen molar-refractivity contribution in [1.29, 1.82) is 0 Å². The summed E-state index contributed by atoms with van der Waals surface area (Å²) in [6, 6.07) is 5.36. The first-order valence-corrected chi connectivity index (χ1v) is 3.54. The smallest absolute Gasteiger partial charge is 0.335 e. The van der Waals surface area contributed by atoms with Gasteiger partial charge in [-0.15, -0.1) is 0 Å². The first-order chi connectivity index (χ1) is 6.11. The number of carbonyl (C=O) groups is 1. The molecule has 1 aromatic carbocycles. The predicted octanol–water partition coefficient (Wildman–Crippen LogP) is 1.35. The van der Waals surface area contributed by atoms with Crippen molar-refractivity contribution in [2.45, 2.75) is 0 Å². The second kappa shape index (κ2) is 6.02. The minimum Gasteiger partial charge on any atom is -0.508 e. The number of aromatic hydroxyl groups is 1. The number of phenolic OH excluding ortho intramolecular Hbond substituents is 1. The van der Waals surface area contributed by atoms with Crippen LogP contribution in [0.5, 0.6) is 5.75 Å². The van der Waals surface area contributed by atoms with Gasteiger partial charge in [-0.1, -0.05) is 0 Å². The number of benzene rings is 1. The normalized spacial score (nSPS) is 8.46. The van der Waals surface area contributed by atoms with Crippen molar-refractivity contribution < 1.29 is 19.7 Å². The number of aromatic carboxylic acids is 1. The van der Waals surface area contributed by atoms with Crippen LogP contribution < -0.4 is 0 Å². The molecule has 0 fully saturated rings. The number of methoxy groups -OCH3 is 1. The zero-order valence-electron chi connectivity index (χ0n) is 7.52. The molecule has 1 rings (SSSR count). The summed E-state index contributed by atoms with van der Waals surface area (Å²) in [7, 11) is 3.25. The molecule has 13 heavy (non-hydrogen) atoms. The lowest BCUT2D eigenvalue weighted by Crippen LogP contribution is -1.93.